The van der Waals surface area contributed by atoms with Gasteiger partial charge < -0.3 is 9.74 Å². The fourth-order valence-electron chi connectivity index (χ4n) is 3.08. The van der Waals surface area contributed by atoms with Crippen LogP contribution < -0.4 is 5.32 Å². The first-order valence-electron chi connectivity index (χ1n) is 10.5. The van der Waals surface area contributed by atoms with Crippen LogP contribution in [0.15, 0.2) is 42.5 Å². The van der Waals surface area contributed by atoms with Crippen LogP contribution in [0, 0.1) is 0 Å². The van der Waals surface area contributed by atoms with E-state index < -0.39 is 8.32 Å². The summed E-state index contributed by atoms with van der Waals surface area (Å²) in [6, 6.07) is 14.1. The summed E-state index contributed by atoms with van der Waals surface area (Å²) in [5.41, 5.74) is 3.97. The van der Waals surface area contributed by atoms with Crippen LogP contribution >= 0.6 is 11.6 Å². The minimum absolute atomic E-state index is 0.0694. The van der Waals surface area contributed by atoms with Gasteiger partial charge in [0.25, 0.3) is 0 Å². The van der Waals surface area contributed by atoms with Crippen molar-refractivity contribution in [3.05, 3.63) is 64.2 Å². The fraction of sp³-hybridized carbons (Fsp3) is 0.480. The van der Waals surface area contributed by atoms with Crippen molar-refractivity contribution in [3.8, 4) is 0 Å². The normalized spacial score (nSPS) is 13.8. The van der Waals surface area contributed by atoms with Gasteiger partial charge in [-0.15, -0.1) is 0 Å². The molecule has 1 N–H and O–H groups in total. The van der Waals surface area contributed by atoms with Gasteiger partial charge in [0.1, 0.15) is 0 Å². The number of hydrogen-bond donors (Lipinski definition) is 1. The van der Waals surface area contributed by atoms with Crippen LogP contribution in [0.3, 0.4) is 0 Å². The third-order valence-corrected chi connectivity index (χ3v) is 10.5. The molecule has 0 radical (unpaired) electrons. The molecule has 2 rings (SSSR count). The highest BCUT2D eigenvalue weighted by atomic mass is 35.5. The van der Waals surface area contributed by atoms with Gasteiger partial charge in [-0.2, -0.15) is 0 Å². The largest absolute Gasteiger partial charge is 0.406 e. The zero-order chi connectivity index (χ0) is 22.9. The molecule has 0 heterocycles. The highest BCUT2D eigenvalue weighted by Crippen LogP contribution is 2.43. The number of carbonyl (C=O) groups is 1. The Bertz CT molecular complexity index is 893. The van der Waals surface area contributed by atoms with Gasteiger partial charge in [-0.3, -0.25) is 4.79 Å². The van der Waals surface area contributed by atoms with Crippen molar-refractivity contribution >= 4 is 31.5 Å². The van der Waals surface area contributed by atoms with Crippen molar-refractivity contribution < 1.29 is 9.22 Å². The molecule has 2 aromatic rings. The second-order valence-electron chi connectivity index (χ2n) is 10.5. The topological polar surface area (TPSA) is 38.3 Å². The minimum atomic E-state index is -2.05. The molecule has 1 amide bonds. The SMILES string of the molecule is CC(=O)Nc1ccc(C(O[Si](C)(C)C(C)(C)C)c2ccc(Cl)cc2)cc1C(C)(C)C. The van der Waals surface area contributed by atoms with Crippen LogP contribution in [0.1, 0.15) is 71.3 Å². The second-order valence-corrected chi connectivity index (χ2v) is 15.7. The average molecular weight is 446 g/mol. The summed E-state index contributed by atoms with van der Waals surface area (Å²) in [6.07, 6.45) is -0.198. The van der Waals surface area contributed by atoms with Crippen LogP contribution in [0.25, 0.3) is 0 Å². The lowest BCUT2D eigenvalue weighted by Gasteiger charge is -2.40. The van der Waals surface area contributed by atoms with Crippen molar-refractivity contribution in [1.82, 2.24) is 0 Å². The van der Waals surface area contributed by atoms with E-state index in [1.165, 1.54) is 6.92 Å². The van der Waals surface area contributed by atoms with E-state index in [1.54, 1.807) is 0 Å². The molecule has 0 fully saturated rings. The lowest BCUT2D eigenvalue weighted by atomic mass is 9.83. The Hall–Kier alpha value is -1.62. The monoisotopic (exact) mass is 445 g/mol. The molecule has 2 aromatic carbocycles. The van der Waals surface area contributed by atoms with Crippen LogP contribution in [0.5, 0.6) is 0 Å². The number of anilines is 1. The summed E-state index contributed by atoms with van der Waals surface area (Å²) >= 11 is 6.15. The van der Waals surface area contributed by atoms with Gasteiger partial charge in [-0.25, -0.2) is 0 Å². The van der Waals surface area contributed by atoms with Crippen molar-refractivity contribution in [2.75, 3.05) is 5.32 Å². The minimum Gasteiger partial charge on any atom is -0.406 e. The number of hydrogen-bond acceptors (Lipinski definition) is 2. The summed E-state index contributed by atoms with van der Waals surface area (Å²) in [7, 11) is -2.05. The van der Waals surface area contributed by atoms with E-state index in [1.807, 2.05) is 30.3 Å². The molecular weight excluding hydrogens is 410 g/mol. The number of rotatable bonds is 5. The number of halogens is 1. The molecule has 3 nitrogen and oxygen atoms in total. The molecule has 164 valence electrons. The smallest absolute Gasteiger partial charge is 0.221 e. The molecule has 0 bridgehead atoms. The maximum absolute atomic E-state index is 11.7. The first-order valence-corrected chi connectivity index (χ1v) is 13.8. The first kappa shape index (κ1) is 24.6. The summed E-state index contributed by atoms with van der Waals surface area (Å²) in [5.74, 6) is -0.0694. The summed E-state index contributed by atoms with van der Waals surface area (Å²) in [5, 5.41) is 3.77. The lowest BCUT2D eigenvalue weighted by Crippen LogP contribution is -2.42. The molecule has 0 spiro atoms. The van der Waals surface area contributed by atoms with Crippen LogP contribution in [0.4, 0.5) is 5.69 Å². The quantitative estimate of drug-likeness (QED) is 0.478. The van der Waals surface area contributed by atoms with Gasteiger partial charge in [-0.05, 0) is 58.4 Å². The standard InChI is InChI=1S/C25H36ClNO2Si/c1-17(28)27-22-15-12-19(16-21(22)24(2,3)4)23(18-10-13-20(26)14-11-18)29-30(8,9)25(5,6)7/h10-16,23H,1-9H3,(H,27,28). The Balaban J connectivity index is 2.63. The van der Waals surface area contributed by atoms with E-state index in [4.69, 9.17) is 16.0 Å². The van der Waals surface area contributed by atoms with E-state index in [2.05, 4.69) is 72.1 Å². The zero-order valence-corrected chi connectivity index (χ0v) is 21.6. The van der Waals surface area contributed by atoms with Crippen molar-refractivity contribution in [3.63, 3.8) is 0 Å². The van der Waals surface area contributed by atoms with Gasteiger partial charge in [-0.1, -0.05) is 77.4 Å². The number of nitrogens with one attached hydrogen (secondary N) is 1. The predicted octanol–water partition coefficient (Wildman–Crippen LogP) is 7.71. The summed E-state index contributed by atoms with van der Waals surface area (Å²) in [4.78, 5) is 11.7. The molecule has 0 aliphatic heterocycles. The fourth-order valence-corrected chi connectivity index (χ4v) is 4.42. The van der Waals surface area contributed by atoms with E-state index >= 15 is 0 Å². The van der Waals surface area contributed by atoms with Gasteiger partial charge in [0, 0.05) is 17.6 Å². The molecule has 30 heavy (non-hydrogen) atoms. The second kappa shape index (κ2) is 8.86. The number of carbonyl (C=O) groups excluding carboxylic acids is 1. The van der Waals surface area contributed by atoms with Crippen LogP contribution in [0.2, 0.25) is 23.2 Å². The molecule has 0 saturated carbocycles. The van der Waals surface area contributed by atoms with Crippen LogP contribution in [-0.2, 0) is 14.6 Å². The maximum Gasteiger partial charge on any atom is 0.221 e. The molecule has 1 unspecified atom stereocenters. The van der Waals surface area contributed by atoms with E-state index in [-0.39, 0.29) is 22.5 Å². The Morgan fingerprint density at radius 2 is 1.50 bits per heavy atom. The van der Waals surface area contributed by atoms with Crippen molar-refractivity contribution in [2.45, 2.75) is 78.1 Å². The third kappa shape index (κ3) is 5.96. The molecule has 0 aromatic heterocycles. The average Bonchev–Trinajstić information content (AvgIpc) is 2.58. The highest BCUT2D eigenvalue weighted by Gasteiger charge is 2.40. The van der Waals surface area contributed by atoms with Crippen LogP contribution in [-0.4, -0.2) is 14.2 Å². The van der Waals surface area contributed by atoms with Gasteiger partial charge in [0.05, 0.1) is 6.10 Å². The molecule has 0 aliphatic rings. The Morgan fingerprint density at radius 1 is 0.967 bits per heavy atom. The van der Waals surface area contributed by atoms with Crippen molar-refractivity contribution in [2.24, 2.45) is 0 Å². The molecular formula is C25H36ClNO2Si. The zero-order valence-electron chi connectivity index (χ0n) is 19.8. The maximum atomic E-state index is 11.7. The number of amides is 1. The third-order valence-electron chi connectivity index (χ3n) is 5.86. The van der Waals surface area contributed by atoms with Gasteiger partial charge in [0.15, 0.2) is 8.32 Å². The Morgan fingerprint density at radius 3 is 1.97 bits per heavy atom. The first-order chi connectivity index (χ1) is 13.6. The Kier molecular flexibility index (Phi) is 7.27. The summed E-state index contributed by atoms with van der Waals surface area (Å²) < 4.78 is 6.91. The lowest BCUT2D eigenvalue weighted by molar-refractivity contribution is -0.114. The molecule has 5 heteroatoms. The summed E-state index contributed by atoms with van der Waals surface area (Å²) in [6.45, 7) is 19.3. The predicted molar refractivity (Wildman–Crippen MR) is 131 cm³/mol. The number of benzene rings is 2. The van der Waals surface area contributed by atoms with E-state index in [0.717, 1.165) is 22.4 Å². The highest BCUT2D eigenvalue weighted by molar-refractivity contribution is 6.74. The Labute approximate surface area is 188 Å². The van der Waals surface area contributed by atoms with Gasteiger partial charge >= 0.3 is 0 Å². The van der Waals surface area contributed by atoms with Crippen molar-refractivity contribution in [1.29, 1.82) is 0 Å². The molecule has 0 saturated heterocycles. The molecule has 1 atom stereocenters. The van der Waals surface area contributed by atoms with E-state index in [0.29, 0.717) is 5.02 Å². The molecule has 0 aliphatic carbocycles. The van der Waals surface area contributed by atoms with Gasteiger partial charge in [0.2, 0.25) is 5.91 Å². The van der Waals surface area contributed by atoms with E-state index in [9.17, 15) is 4.79 Å².